The van der Waals surface area contributed by atoms with Crippen LogP contribution in [0.1, 0.15) is 11.1 Å². The van der Waals surface area contributed by atoms with Crippen molar-refractivity contribution in [2.24, 2.45) is 0 Å². The van der Waals surface area contributed by atoms with Crippen molar-refractivity contribution in [3.8, 4) is 0 Å². The molecule has 0 aliphatic carbocycles. The van der Waals surface area contributed by atoms with Crippen LogP contribution in [-0.4, -0.2) is 15.5 Å². The minimum absolute atomic E-state index is 0.216. The molecule has 4 nitrogen and oxygen atoms in total. The summed E-state index contributed by atoms with van der Waals surface area (Å²) in [6.07, 6.45) is 0. The zero-order valence-corrected chi connectivity index (χ0v) is 12.7. The van der Waals surface area contributed by atoms with E-state index in [2.05, 4.69) is 10.0 Å². The van der Waals surface area contributed by atoms with E-state index in [1.165, 1.54) is 31.3 Å². The average molecular weight is 308 g/mol. The Morgan fingerprint density at radius 1 is 1.10 bits per heavy atom. The second-order valence-electron chi connectivity index (χ2n) is 4.66. The molecule has 0 aliphatic heterocycles. The maximum Gasteiger partial charge on any atom is 0.240 e. The Bertz CT molecular complexity index is 728. The fourth-order valence-electron chi connectivity index (χ4n) is 1.92. The predicted octanol–water partition coefficient (Wildman–Crippen LogP) is 2.65. The first kappa shape index (κ1) is 15.5. The molecule has 0 amide bonds. The highest BCUT2D eigenvalue weighted by atomic mass is 32.2. The molecule has 0 aromatic heterocycles. The van der Waals surface area contributed by atoms with E-state index in [9.17, 15) is 12.8 Å². The minimum atomic E-state index is -3.41. The third kappa shape index (κ3) is 3.80. The van der Waals surface area contributed by atoms with Crippen LogP contribution in [0.3, 0.4) is 0 Å². The van der Waals surface area contributed by atoms with Crippen LogP contribution in [0.25, 0.3) is 0 Å². The molecule has 0 atom stereocenters. The van der Waals surface area contributed by atoms with Crippen LogP contribution in [0.4, 0.5) is 10.1 Å². The van der Waals surface area contributed by atoms with Gasteiger partial charge in [-0.25, -0.2) is 17.5 Å². The lowest BCUT2D eigenvalue weighted by atomic mass is 10.1. The smallest absolute Gasteiger partial charge is 0.240 e. The van der Waals surface area contributed by atoms with Crippen LogP contribution in [-0.2, 0) is 16.6 Å². The van der Waals surface area contributed by atoms with Gasteiger partial charge in [0.15, 0.2) is 0 Å². The summed E-state index contributed by atoms with van der Waals surface area (Å²) in [7, 11) is -2.04. The van der Waals surface area contributed by atoms with Gasteiger partial charge in [0.2, 0.25) is 10.0 Å². The highest BCUT2D eigenvalue weighted by molar-refractivity contribution is 7.89. The summed E-state index contributed by atoms with van der Waals surface area (Å²) in [6.45, 7) is 2.40. The van der Waals surface area contributed by atoms with E-state index in [4.69, 9.17) is 0 Å². The van der Waals surface area contributed by atoms with Crippen LogP contribution in [0.5, 0.6) is 0 Å². The highest BCUT2D eigenvalue weighted by Gasteiger charge is 2.10. The zero-order valence-electron chi connectivity index (χ0n) is 11.9. The van der Waals surface area contributed by atoms with Crippen molar-refractivity contribution in [3.63, 3.8) is 0 Å². The lowest BCUT2D eigenvalue weighted by Gasteiger charge is -2.10. The second kappa shape index (κ2) is 6.24. The summed E-state index contributed by atoms with van der Waals surface area (Å²) in [5.41, 5.74) is 2.66. The number of hydrogen-bond acceptors (Lipinski definition) is 3. The van der Waals surface area contributed by atoms with Gasteiger partial charge in [0, 0.05) is 12.2 Å². The van der Waals surface area contributed by atoms with Crippen molar-refractivity contribution >= 4 is 15.7 Å². The standard InChI is InChI=1S/C15H17FN2O2S/c1-11-9-13(16)4-3-12(11)10-18-14-5-7-15(8-6-14)21(19,20)17-2/h3-9,17-18H,10H2,1-2H3. The van der Waals surface area contributed by atoms with Gasteiger partial charge < -0.3 is 5.32 Å². The van der Waals surface area contributed by atoms with Crippen LogP contribution < -0.4 is 10.0 Å². The van der Waals surface area contributed by atoms with E-state index in [1.54, 1.807) is 18.2 Å². The predicted molar refractivity (Wildman–Crippen MR) is 81.2 cm³/mol. The fourth-order valence-corrected chi connectivity index (χ4v) is 2.65. The number of benzene rings is 2. The normalized spacial score (nSPS) is 11.4. The van der Waals surface area contributed by atoms with Crippen LogP contribution in [0.15, 0.2) is 47.4 Å². The SMILES string of the molecule is CNS(=O)(=O)c1ccc(NCc2ccc(F)cc2C)cc1. The maximum absolute atomic E-state index is 13.0. The first-order valence-corrected chi connectivity index (χ1v) is 7.93. The topological polar surface area (TPSA) is 58.2 Å². The molecule has 0 saturated carbocycles. The van der Waals surface area contributed by atoms with E-state index < -0.39 is 10.0 Å². The molecule has 0 radical (unpaired) electrons. The Hall–Kier alpha value is -1.92. The van der Waals surface area contributed by atoms with Crippen molar-refractivity contribution in [1.29, 1.82) is 0 Å². The van der Waals surface area contributed by atoms with E-state index in [0.717, 1.165) is 16.8 Å². The van der Waals surface area contributed by atoms with Crippen LogP contribution >= 0.6 is 0 Å². The van der Waals surface area contributed by atoms with Crippen molar-refractivity contribution in [1.82, 2.24) is 4.72 Å². The molecule has 2 N–H and O–H groups in total. The Balaban J connectivity index is 2.07. The van der Waals surface area contributed by atoms with Crippen molar-refractivity contribution < 1.29 is 12.8 Å². The Labute approximate surface area is 124 Å². The molecule has 0 spiro atoms. The lowest BCUT2D eigenvalue weighted by Crippen LogP contribution is -2.18. The number of aryl methyl sites for hydroxylation is 1. The second-order valence-corrected chi connectivity index (χ2v) is 6.54. The van der Waals surface area contributed by atoms with E-state index in [-0.39, 0.29) is 10.7 Å². The molecule has 21 heavy (non-hydrogen) atoms. The monoisotopic (exact) mass is 308 g/mol. The molecular formula is C15H17FN2O2S. The van der Waals surface area contributed by atoms with Crippen molar-refractivity contribution in [3.05, 3.63) is 59.4 Å². The van der Waals surface area contributed by atoms with Gasteiger partial charge in [-0.1, -0.05) is 6.07 Å². The molecule has 0 aliphatic rings. The molecule has 0 unspecified atom stereocenters. The zero-order chi connectivity index (χ0) is 15.5. The number of sulfonamides is 1. The third-order valence-corrected chi connectivity index (χ3v) is 4.65. The van der Waals surface area contributed by atoms with E-state index in [0.29, 0.717) is 6.54 Å². The van der Waals surface area contributed by atoms with E-state index >= 15 is 0 Å². The van der Waals surface area contributed by atoms with Crippen molar-refractivity contribution in [2.75, 3.05) is 12.4 Å². The molecule has 6 heteroatoms. The summed E-state index contributed by atoms with van der Waals surface area (Å²) in [5.74, 6) is -0.252. The maximum atomic E-state index is 13.0. The van der Waals surface area contributed by atoms with Gasteiger partial charge in [-0.2, -0.15) is 0 Å². The Kier molecular flexibility index (Phi) is 4.59. The molecule has 2 rings (SSSR count). The molecule has 0 heterocycles. The molecule has 0 saturated heterocycles. The first-order chi connectivity index (χ1) is 9.92. The number of halogens is 1. The summed E-state index contributed by atoms with van der Waals surface area (Å²) in [5, 5.41) is 3.18. The van der Waals surface area contributed by atoms with Gasteiger partial charge in [0.1, 0.15) is 5.82 Å². The fraction of sp³-hybridized carbons (Fsp3) is 0.200. The van der Waals surface area contributed by atoms with Gasteiger partial charge >= 0.3 is 0 Å². The summed E-state index contributed by atoms with van der Waals surface area (Å²) >= 11 is 0. The molecule has 2 aromatic carbocycles. The largest absolute Gasteiger partial charge is 0.381 e. The van der Waals surface area contributed by atoms with Gasteiger partial charge in [-0.3, -0.25) is 0 Å². The number of hydrogen-bond donors (Lipinski definition) is 2. The first-order valence-electron chi connectivity index (χ1n) is 6.45. The van der Waals surface area contributed by atoms with Gasteiger partial charge in [0.25, 0.3) is 0 Å². The van der Waals surface area contributed by atoms with E-state index in [1.807, 2.05) is 6.92 Å². The average Bonchev–Trinajstić information content (AvgIpc) is 2.47. The highest BCUT2D eigenvalue weighted by Crippen LogP contribution is 2.16. The Morgan fingerprint density at radius 3 is 2.33 bits per heavy atom. The number of nitrogens with one attached hydrogen (secondary N) is 2. The minimum Gasteiger partial charge on any atom is -0.381 e. The molecular weight excluding hydrogens is 291 g/mol. The van der Waals surface area contributed by atoms with Gasteiger partial charge in [-0.15, -0.1) is 0 Å². The number of rotatable bonds is 5. The molecule has 2 aromatic rings. The van der Waals surface area contributed by atoms with Gasteiger partial charge in [0.05, 0.1) is 4.90 Å². The Morgan fingerprint density at radius 2 is 1.76 bits per heavy atom. The molecule has 0 fully saturated rings. The summed E-state index contributed by atoms with van der Waals surface area (Å²) < 4.78 is 38.5. The van der Waals surface area contributed by atoms with Crippen LogP contribution in [0, 0.1) is 12.7 Å². The van der Waals surface area contributed by atoms with Gasteiger partial charge in [-0.05, 0) is 61.5 Å². The molecule has 112 valence electrons. The van der Waals surface area contributed by atoms with Crippen LogP contribution in [0.2, 0.25) is 0 Å². The summed E-state index contributed by atoms with van der Waals surface area (Å²) in [4.78, 5) is 0.216. The summed E-state index contributed by atoms with van der Waals surface area (Å²) in [6, 6.07) is 11.1. The lowest BCUT2D eigenvalue weighted by molar-refractivity contribution is 0.588. The number of anilines is 1. The third-order valence-electron chi connectivity index (χ3n) is 3.22. The molecule has 0 bridgehead atoms. The van der Waals surface area contributed by atoms with Crippen molar-refractivity contribution in [2.45, 2.75) is 18.4 Å². The quantitative estimate of drug-likeness (QED) is 0.893.